The van der Waals surface area contributed by atoms with E-state index in [1.54, 1.807) is 13.2 Å². The Labute approximate surface area is 126 Å². The summed E-state index contributed by atoms with van der Waals surface area (Å²) in [6.07, 6.45) is 0.764. The fraction of sp³-hybridized carbons (Fsp3) is 0.357. The van der Waals surface area contributed by atoms with Crippen LogP contribution in [0.5, 0.6) is 5.75 Å². The lowest BCUT2D eigenvalue weighted by atomic mass is 10.1. The highest BCUT2D eigenvalue weighted by molar-refractivity contribution is 6.17. The van der Waals surface area contributed by atoms with Crippen molar-refractivity contribution in [2.45, 2.75) is 24.8 Å². The number of piperidine rings is 1. The molecule has 2 aromatic rings. The normalized spacial score (nSPS) is 18.9. The van der Waals surface area contributed by atoms with Gasteiger partial charge in [-0.3, -0.25) is 14.9 Å². The highest BCUT2D eigenvalue weighted by Crippen LogP contribution is 2.29. The average Bonchev–Trinajstić information content (AvgIpc) is 2.84. The second-order valence-corrected chi connectivity index (χ2v) is 5.12. The number of alkyl halides is 1. The number of carbonyl (C=O) groups excluding carboxylic acids is 2. The van der Waals surface area contributed by atoms with Gasteiger partial charge in [0.05, 0.1) is 24.0 Å². The van der Waals surface area contributed by atoms with Crippen molar-refractivity contribution in [2.75, 3.05) is 7.11 Å². The quantitative estimate of drug-likeness (QED) is 0.693. The lowest BCUT2D eigenvalue weighted by Gasteiger charge is -2.24. The van der Waals surface area contributed by atoms with Crippen LogP contribution in [0, 0.1) is 0 Å². The van der Waals surface area contributed by atoms with Crippen molar-refractivity contribution >= 4 is 34.4 Å². The zero-order valence-electron chi connectivity index (χ0n) is 11.4. The van der Waals surface area contributed by atoms with Crippen LogP contribution in [-0.2, 0) is 15.5 Å². The third kappa shape index (κ3) is 2.35. The molecule has 0 radical (unpaired) electrons. The van der Waals surface area contributed by atoms with Gasteiger partial charge in [0.1, 0.15) is 17.6 Å². The molecule has 1 aliphatic rings. The summed E-state index contributed by atoms with van der Waals surface area (Å²) in [4.78, 5) is 27.8. The molecule has 0 saturated carbocycles. The van der Waals surface area contributed by atoms with E-state index in [-0.39, 0.29) is 17.7 Å². The van der Waals surface area contributed by atoms with Crippen LogP contribution in [-0.4, -0.2) is 28.5 Å². The smallest absolute Gasteiger partial charge is 0.249 e. The van der Waals surface area contributed by atoms with Crippen LogP contribution in [0.3, 0.4) is 0 Å². The SMILES string of the molecule is COc1ccc2c(c1)nc(CCl)n2C1CCC(=O)NC1=O. The van der Waals surface area contributed by atoms with E-state index >= 15 is 0 Å². The fourth-order valence-corrected chi connectivity index (χ4v) is 2.81. The zero-order chi connectivity index (χ0) is 15.0. The highest BCUT2D eigenvalue weighted by Gasteiger charge is 2.30. The Bertz CT molecular complexity index is 726. The van der Waals surface area contributed by atoms with Gasteiger partial charge in [-0.25, -0.2) is 4.98 Å². The van der Waals surface area contributed by atoms with E-state index < -0.39 is 6.04 Å². The molecule has 2 heterocycles. The van der Waals surface area contributed by atoms with E-state index in [9.17, 15) is 9.59 Å². The van der Waals surface area contributed by atoms with E-state index in [4.69, 9.17) is 16.3 Å². The molecule has 1 fully saturated rings. The van der Waals surface area contributed by atoms with Gasteiger partial charge in [-0.05, 0) is 18.6 Å². The minimum absolute atomic E-state index is 0.189. The predicted molar refractivity (Wildman–Crippen MR) is 77.3 cm³/mol. The van der Waals surface area contributed by atoms with Gasteiger partial charge in [0, 0.05) is 12.5 Å². The fourth-order valence-electron chi connectivity index (χ4n) is 2.63. The molecule has 7 heteroatoms. The first-order chi connectivity index (χ1) is 10.1. The van der Waals surface area contributed by atoms with Crippen molar-refractivity contribution in [2.24, 2.45) is 0 Å². The first kappa shape index (κ1) is 13.9. The molecule has 1 saturated heterocycles. The van der Waals surface area contributed by atoms with Gasteiger partial charge in [-0.15, -0.1) is 11.6 Å². The Morgan fingerprint density at radius 2 is 2.29 bits per heavy atom. The number of benzene rings is 1. The molecule has 1 aliphatic heterocycles. The van der Waals surface area contributed by atoms with Crippen molar-refractivity contribution in [3.05, 3.63) is 24.0 Å². The monoisotopic (exact) mass is 307 g/mol. The topological polar surface area (TPSA) is 73.2 Å². The Hall–Kier alpha value is -2.08. The van der Waals surface area contributed by atoms with E-state index in [1.165, 1.54) is 0 Å². The molecule has 1 aromatic carbocycles. The number of aromatic nitrogens is 2. The maximum atomic E-state index is 12.1. The number of rotatable bonds is 3. The number of hydrogen-bond acceptors (Lipinski definition) is 4. The maximum absolute atomic E-state index is 12.1. The third-order valence-corrected chi connectivity index (χ3v) is 3.85. The van der Waals surface area contributed by atoms with Crippen LogP contribution in [0.25, 0.3) is 11.0 Å². The van der Waals surface area contributed by atoms with Crippen LogP contribution in [0.15, 0.2) is 18.2 Å². The number of halogens is 1. The van der Waals surface area contributed by atoms with E-state index in [0.29, 0.717) is 24.4 Å². The van der Waals surface area contributed by atoms with Crippen molar-refractivity contribution < 1.29 is 14.3 Å². The average molecular weight is 308 g/mol. The molecule has 2 amide bonds. The summed E-state index contributed by atoms with van der Waals surface area (Å²) in [7, 11) is 1.58. The Kier molecular flexibility index (Phi) is 3.55. The van der Waals surface area contributed by atoms with Gasteiger partial charge >= 0.3 is 0 Å². The summed E-state index contributed by atoms with van der Waals surface area (Å²) in [5, 5.41) is 2.36. The number of nitrogens with one attached hydrogen (secondary N) is 1. The van der Waals surface area contributed by atoms with Crippen molar-refractivity contribution in [3.8, 4) is 5.75 Å². The number of imide groups is 1. The molecule has 0 bridgehead atoms. The Balaban J connectivity index is 2.12. The second kappa shape index (κ2) is 5.37. The van der Waals surface area contributed by atoms with Gasteiger partial charge in [-0.1, -0.05) is 0 Å². The first-order valence-corrected chi connectivity index (χ1v) is 7.12. The molecule has 0 spiro atoms. The number of nitrogens with zero attached hydrogens (tertiary/aromatic N) is 2. The van der Waals surface area contributed by atoms with E-state index in [2.05, 4.69) is 10.3 Å². The molecular formula is C14H14ClN3O3. The number of methoxy groups -OCH3 is 1. The molecule has 1 N–H and O–H groups in total. The molecule has 1 atom stereocenters. The van der Waals surface area contributed by atoms with Gasteiger partial charge in [0.15, 0.2) is 0 Å². The summed E-state index contributed by atoms with van der Waals surface area (Å²) >= 11 is 5.96. The zero-order valence-corrected chi connectivity index (χ0v) is 12.2. The number of ether oxygens (including phenoxy) is 1. The Morgan fingerprint density at radius 1 is 1.48 bits per heavy atom. The van der Waals surface area contributed by atoms with Crippen molar-refractivity contribution in [3.63, 3.8) is 0 Å². The lowest BCUT2D eigenvalue weighted by Crippen LogP contribution is -2.42. The van der Waals surface area contributed by atoms with Crippen LogP contribution in [0.1, 0.15) is 24.7 Å². The first-order valence-electron chi connectivity index (χ1n) is 6.58. The number of carbonyl (C=O) groups is 2. The molecule has 3 rings (SSSR count). The van der Waals surface area contributed by atoms with Gasteiger partial charge in [0.2, 0.25) is 11.8 Å². The van der Waals surface area contributed by atoms with Gasteiger partial charge < -0.3 is 9.30 Å². The maximum Gasteiger partial charge on any atom is 0.249 e. The molecule has 6 nitrogen and oxygen atoms in total. The summed E-state index contributed by atoms with van der Waals surface area (Å²) in [5.41, 5.74) is 1.52. The predicted octanol–water partition coefficient (Wildman–Crippen LogP) is 1.76. The van der Waals surface area contributed by atoms with Crippen molar-refractivity contribution in [1.29, 1.82) is 0 Å². The highest BCUT2D eigenvalue weighted by atomic mass is 35.5. The summed E-state index contributed by atoms with van der Waals surface area (Å²) < 4.78 is 6.99. The minimum atomic E-state index is -0.463. The second-order valence-electron chi connectivity index (χ2n) is 4.85. The number of hydrogen-bond donors (Lipinski definition) is 1. The standard InChI is InChI=1S/C14H14ClN3O3/c1-21-8-2-3-10-9(6-8)16-12(7-15)18(10)11-4-5-13(19)17-14(11)20/h2-3,6,11H,4-5,7H2,1H3,(H,17,19,20). The molecule has 110 valence electrons. The lowest BCUT2D eigenvalue weighted by molar-refractivity contribution is -0.135. The van der Waals surface area contributed by atoms with Crippen molar-refractivity contribution in [1.82, 2.24) is 14.9 Å². The molecule has 21 heavy (non-hydrogen) atoms. The van der Waals surface area contributed by atoms with Crippen LogP contribution in [0.2, 0.25) is 0 Å². The third-order valence-electron chi connectivity index (χ3n) is 3.61. The molecule has 1 aromatic heterocycles. The number of amides is 2. The number of imidazole rings is 1. The van der Waals surface area contributed by atoms with Crippen LogP contribution in [0.4, 0.5) is 0 Å². The largest absolute Gasteiger partial charge is 0.497 e. The van der Waals surface area contributed by atoms with Gasteiger partial charge in [0.25, 0.3) is 0 Å². The summed E-state index contributed by atoms with van der Waals surface area (Å²) in [6.45, 7) is 0. The van der Waals surface area contributed by atoms with Crippen LogP contribution < -0.4 is 10.1 Å². The summed E-state index contributed by atoms with van der Waals surface area (Å²) in [5.74, 6) is 0.933. The van der Waals surface area contributed by atoms with E-state index in [1.807, 2.05) is 16.7 Å². The minimum Gasteiger partial charge on any atom is -0.497 e. The van der Waals surface area contributed by atoms with Gasteiger partial charge in [-0.2, -0.15) is 0 Å². The molecular weight excluding hydrogens is 294 g/mol. The molecule has 1 unspecified atom stereocenters. The number of fused-ring (bicyclic) bond motifs is 1. The Morgan fingerprint density at radius 3 is 2.95 bits per heavy atom. The molecule has 0 aliphatic carbocycles. The van der Waals surface area contributed by atoms with Crippen LogP contribution >= 0.6 is 11.6 Å². The summed E-state index contributed by atoms with van der Waals surface area (Å²) in [6, 6.07) is 4.99. The van der Waals surface area contributed by atoms with E-state index in [0.717, 1.165) is 11.0 Å².